The summed E-state index contributed by atoms with van der Waals surface area (Å²) in [5, 5.41) is 0. The highest BCUT2D eigenvalue weighted by Crippen LogP contribution is 2.08. The third kappa shape index (κ3) is 4.07. The van der Waals surface area contributed by atoms with Gasteiger partial charge in [-0.3, -0.25) is 0 Å². The van der Waals surface area contributed by atoms with Crippen LogP contribution >= 0.6 is 0 Å². The van der Waals surface area contributed by atoms with E-state index in [1.54, 1.807) is 6.07 Å². The van der Waals surface area contributed by atoms with Gasteiger partial charge in [0.05, 0.1) is 6.61 Å². The van der Waals surface area contributed by atoms with Crippen LogP contribution in [0, 0.1) is 0 Å². The zero-order chi connectivity index (χ0) is 10.2. The van der Waals surface area contributed by atoms with Gasteiger partial charge in [-0.05, 0) is 6.42 Å². The zero-order valence-corrected chi connectivity index (χ0v) is 8.57. The number of anilines is 1. The first-order valence-corrected chi connectivity index (χ1v) is 5.03. The van der Waals surface area contributed by atoms with Gasteiger partial charge in [0.25, 0.3) is 0 Å². The molecule has 2 N–H and O–H groups in total. The van der Waals surface area contributed by atoms with Crippen LogP contribution in [0.25, 0.3) is 0 Å². The van der Waals surface area contributed by atoms with E-state index < -0.39 is 0 Å². The number of rotatable bonds is 6. The first-order valence-electron chi connectivity index (χ1n) is 5.03. The molecule has 1 aromatic rings. The van der Waals surface area contributed by atoms with Crippen molar-refractivity contribution in [2.24, 2.45) is 0 Å². The number of hydrogen-bond donors (Lipinski definition) is 1. The van der Waals surface area contributed by atoms with E-state index in [1.165, 1.54) is 25.6 Å². The molecular formula is C10H17N3O. The molecule has 0 aromatic carbocycles. The molecular weight excluding hydrogens is 178 g/mol. The van der Waals surface area contributed by atoms with E-state index in [-0.39, 0.29) is 0 Å². The van der Waals surface area contributed by atoms with Gasteiger partial charge in [-0.25, -0.2) is 9.97 Å². The lowest BCUT2D eigenvalue weighted by molar-refractivity contribution is 0.293. The smallest absolute Gasteiger partial charge is 0.218 e. The molecule has 1 aromatic heterocycles. The molecule has 0 amide bonds. The van der Waals surface area contributed by atoms with Crippen LogP contribution < -0.4 is 10.5 Å². The van der Waals surface area contributed by atoms with E-state index in [1.807, 2.05) is 0 Å². The largest absolute Gasteiger partial charge is 0.478 e. The molecule has 0 saturated carbocycles. The lowest BCUT2D eigenvalue weighted by Crippen LogP contribution is -2.00. The Hall–Kier alpha value is -1.32. The first-order chi connectivity index (χ1) is 6.83. The van der Waals surface area contributed by atoms with Gasteiger partial charge < -0.3 is 10.5 Å². The van der Waals surface area contributed by atoms with Crippen molar-refractivity contribution in [3.05, 3.63) is 12.4 Å². The molecule has 0 aliphatic carbocycles. The second kappa shape index (κ2) is 6.18. The highest BCUT2D eigenvalue weighted by Gasteiger charge is 1.95. The fraction of sp³-hybridized carbons (Fsp3) is 0.600. The molecule has 0 aliphatic heterocycles. The molecule has 1 rings (SSSR count). The van der Waals surface area contributed by atoms with Gasteiger partial charge in [0.2, 0.25) is 5.88 Å². The zero-order valence-electron chi connectivity index (χ0n) is 8.57. The third-order valence-electron chi connectivity index (χ3n) is 1.91. The number of aromatic nitrogens is 2. The number of unbranched alkanes of at least 4 members (excludes halogenated alkanes) is 3. The molecule has 0 aliphatic rings. The minimum absolute atomic E-state index is 0.448. The molecule has 78 valence electrons. The van der Waals surface area contributed by atoms with E-state index in [9.17, 15) is 0 Å². The van der Waals surface area contributed by atoms with Crippen molar-refractivity contribution >= 4 is 5.82 Å². The van der Waals surface area contributed by atoms with Gasteiger partial charge in [0, 0.05) is 6.07 Å². The average molecular weight is 195 g/mol. The summed E-state index contributed by atoms with van der Waals surface area (Å²) in [6.07, 6.45) is 6.18. The minimum Gasteiger partial charge on any atom is -0.478 e. The average Bonchev–Trinajstić information content (AvgIpc) is 2.18. The summed E-state index contributed by atoms with van der Waals surface area (Å²) in [6.45, 7) is 2.89. The maximum Gasteiger partial charge on any atom is 0.218 e. The van der Waals surface area contributed by atoms with Gasteiger partial charge >= 0.3 is 0 Å². The Balaban J connectivity index is 2.18. The van der Waals surface area contributed by atoms with Gasteiger partial charge in [0.1, 0.15) is 12.1 Å². The number of nitrogens with two attached hydrogens (primary N) is 1. The van der Waals surface area contributed by atoms with E-state index in [2.05, 4.69) is 16.9 Å². The molecule has 0 radical (unpaired) electrons. The predicted molar refractivity (Wildman–Crippen MR) is 56.1 cm³/mol. The third-order valence-corrected chi connectivity index (χ3v) is 1.91. The van der Waals surface area contributed by atoms with Crippen LogP contribution in [0.1, 0.15) is 32.6 Å². The Morgan fingerprint density at radius 1 is 1.29 bits per heavy atom. The molecule has 0 unspecified atom stereocenters. The van der Waals surface area contributed by atoms with Crippen LogP contribution in [-0.4, -0.2) is 16.6 Å². The molecule has 4 heteroatoms. The summed E-state index contributed by atoms with van der Waals surface area (Å²) in [4.78, 5) is 7.73. The SMILES string of the molecule is CCCCCCOc1cc(N)ncn1. The standard InChI is InChI=1S/C10H17N3O/c1-2-3-4-5-6-14-10-7-9(11)12-8-13-10/h7-8H,2-6H2,1H3,(H2,11,12,13). The lowest BCUT2D eigenvalue weighted by atomic mass is 10.2. The molecule has 4 nitrogen and oxygen atoms in total. The van der Waals surface area contributed by atoms with Crippen molar-refractivity contribution in [1.82, 2.24) is 9.97 Å². The quantitative estimate of drug-likeness (QED) is 0.705. The number of nitrogens with zero attached hydrogens (tertiary/aromatic N) is 2. The maximum atomic E-state index is 5.48. The summed E-state index contributed by atoms with van der Waals surface area (Å²) < 4.78 is 5.40. The second-order valence-corrected chi connectivity index (χ2v) is 3.19. The van der Waals surface area contributed by atoms with Crippen LogP contribution in [0.2, 0.25) is 0 Å². The predicted octanol–water partition coefficient (Wildman–Crippen LogP) is 2.02. The summed E-state index contributed by atoms with van der Waals surface area (Å²) >= 11 is 0. The maximum absolute atomic E-state index is 5.48. The van der Waals surface area contributed by atoms with Crippen LogP contribution in [0.3, 0.4) is 0 Å². The van der Waals surface area contributed by atoms with Crippen LogP contribution in [-0.2, 0) is 0 Å². The minimum atomic E-state index is 0.448. The highest BCUT2D eigenvalue weighted by molar-refractivity contribution is 5.30. The Labute approximate surface area is 84.5 Å². The highest BCUT2D eigenvalue weighted by atomic mass is 16.5. The monoisotopic (exact) mass is 195 g/mol. The Morgan fingerprint density at radius 3 is 2.86 bits per heavy atom. The summed E-state index contributed by atoms with van der Waals surface area (Å²) in [5.74, 6) is 1.01. The van der Waals surface area contributed by atoms with E-state index in [0.717, 1.165) is 6.42 Å². The Kier molecular flexibility index (Phi) is 4.75. The van der Waals surface area contributed by atoms with Gasteiger partial charge in [-0.2, -0.15) is 0 Å². The van der Waals surface area contributed by atoms with E-state index in [0.29, 0.717) is 18.3 Å². The van der Waals surface area contributed by atoms with Gasteiger partial charge in [-0.1, -0.05) is 26.2 Å². The van der Waals surface area contributed by atoms with Crippen LogP contribution in [0.4, 0.5) is 5.82 Å². The van der Waals surface area contributed by atoms with Gasteiger partial charge in [0.15, 0.2) is 0 Å². The van der Waals surface area contributed by atoms with E-state index >= 15 is 0 Å². The Morgan fingerprint density at radius 2 is 2.14 bits per heavy atom. The molecule has 14 heavy (non-hydrogen) atoms. The summed E-state index contributed by atoms with van der Waals surface area (Å²) in [5.41, 5.74) is 5.48. The van der Waals surface area contributed by atoms with Crippen molar-refractivity contribution in [2.75, 3.05) is 12.3 Å². The van der Waals surface area contributed by atoms with Crippen molar-refractivity contribution < 1.29 is 4.74 Å². The van der Waals surface area contributed by atoms with Crippen molar-refractivity contribution in [1.29, 1.82) is 0 Å². The Bertz CT molecular complexity index is 265. The molecule has 0 saturated heterocycles. The molecule has 0 atom stereocenters. The van der Waals surface area contributed by atoms with Crippen molar-refractivity contribution in [2.45, 2.75) is 32.6 Å². The molecule has 1 heterocycles. The second-order valence-electron chi connectivity index (χ2n) is 3.19. The molecule has 0 spiro atoms. The van der Waals surface area contributed by atoms with Crippen LogP contribution in [0.5, 0.6) is 5.88 Å². The van der Waals surface area contributed by atoms with Crippen molar-refractivity contribution in [3.8, 4) is 5.88 Å². The van der Waals surface area contributed by atoms with Crippen LogP contribution in [0.15, 0.2) is 12.4 Å². The van der Waals surface area contributed by atoms with Gasteiger partial charge in [-0.15, -0.1) is 0 Å². The summed E-state index contributed by atoms with van der Waals surface area (Å²) in [6, 6.07) is 1.64. The lowest BCUT2D eigenvalue weighted by Gasteiger charge is -2.04. The number of ether oxygens (including phenoxy) is 1. The van der Waals surface area contributed by atoms with Crippen molar-refractivity contribution in [3.63, 3.8) is 0 Å². The number of nitrogen functional groups attached to an aromatic ring is 1. The fourth-order valence-electron chi connectivity index (χ4n) is 1.14. The number of hydrogen-bond acceptors (Lipinski definition) is 4. The van der Waals surface area contributed by atoms with E-state index in [4.69, 9.17) is 10.5 Å². The topological polar surface area (TPSA) is 61.0 Å². The first kappa shape index (κ1) is 10.8. The summed E-state index contributed by atoms with van der Waals surface area (Å²) in [7, 11) is 0. The normalized spacial score (nSPS) is 10.1. The fourth-order valence-corrected chi connectivity index (χ4v) is 1.14. The molecule has 0 bridgehead atoms. The molecule has 0 fully saturated rings.